The Morgan fingerprint density at radius 3 is 2.92 bits per heavy atom. The standard InChI is InChI=1S/C8H7NO3/c10-8(11)6-2-1-3-7(4-6)9-5-12-9/h1-4H,5H2,(H,10,11). The molecule has 4 heteroatoms. The van der Waals surface area contributed by atoms with Crippen LogP contribution in [0.4, 0.5) is 5.69 Å². The first-order chi connectivity index (χ1) is 5.77. The van der Waals surface area contributed by atoms with Crippen molar-refractivity contribution >= 4 is 11.7 Å². The summed E-state index contributed by atoms with van der Waals surface area (Å²) < 4.78 is 0. The van der Waals surface area contributed by atoms with E-state index < -0.39 is 5.97 Å². The van der Waals surface area contributed by atoms with Crippen LogP contribution in [0, 0.1) is 0 Å². The minimum atomic E-state index is -0.918. The Hall–Kier alpha value is -1.55. The van der Waals surface area contributed by atoms with Crippen LogP contribution in [0.1, 0.15) is 10.4 Å². The van der Waals surface area contributed by atoms with Gasteiger partial charge in [0, 0.05) is 0 Å². The molecule has 0 amide bonds. The average Bonchev–Trinajstić information content (AvgIpc) is 2.87. The maximum atomic E-state index is 10.5. The largest absolute Gasteiger partial charge is 0.478 e. The molecule has 1 aromatic carbocycles. The van der Waals surface area contributed by atoms with E-state index in [-0.39, 0.29) is 5.56 Å². The quantitative estimate of drug-likeness (QED) is 0.666. The van der Waals surface area contributed by atoms with Crippen molar-refractivity contribution in [3.05, 3.63) is 29.8 Å². The van der Waals surface area contributed by atoms with Gasteiger partial charge in [-0.2, -0.15) is 0 Å². The van der Waals surface area contributed by atoms with Crippen molar-refractivity contribution in [3.8, 4) is 0 Å². The highest BCUT2D eigenvalue weighted by Crippen LogP contribution is 2.22. The summed E-state index contributed by atoms with van der Waals surface area (Å²) in [6, 6.07) is 6.63. The Kier molecular flexibility index (Phi) is 1.48. The molecular formula is C8H7NO3. The lowest BCUT2D eigenvalue weighted by molar-refractivity contribution is 0.0697. The highest BCUT2D eigenvalue weighted by molar-refractivity contribution is 5.88. The van der Waals surface area contributed by atoms with E-state index in [4.69, 9.17) is 9.94 Å². The third-order valence-electron chi connectivity index (χ3n) is 1.64. The van der Waals surface area contributed by atoms with Gasteiger partial charge in [0.2, 0.25) is 0 Å². The fourth-order valence-electron chi connectivity index (χ4n) is 0.972. The number of hydroxylamine groups is 1. The van der Waals surface area contributed by atoms with E-state index in [2.05, 4.69) is 0 Å². The molecular weight excluding hydrogens is 158 g/mol. The molecule has 2 rings (SSSR count). The van der Waals surface area contributed by atoms with Crippen LogP contribution in [0.25, 0.3) is 0 Å². The number of carbonyl (C=O) groups is 1. The molecule has 12 heavy (non-hydrogen) atoms. The first-order valence-corrected chi connectivity index (χ1v) is 3.51. The molecule has 1 aliphatic rings. The van der Waals surface area contributed by atoms with E-state index in [0.717, 1.165) is 5.69 Å². The molecule has 1 N–H and O–H groups in total. The van der Waals surface area contributed by atoms with E-state index in [0.29, 0.717) is 6.73 Å². The number of anilines is 1. The number of benzene rings is 1. The Morgan fingerprint density at radius 1 is 1.58 bits per heavy atom. The van der Waals surface area contributed by atoms with Crippen LogP contribution < -0.4 is 5.06 Å². The monoisotopic (exact) mass is 165 g/mol. The van der Waals surface area contributed by atoms with Gasteiger partial charge >= 0.3 is 5.97 Å². The molecule has 0 aromatic heterocycles. The van der Waals surface area contributed by atoms with Crippen LogP contribution in [-0.2, 0) is 4.84 Å². The van der Waals surface area contributed by atoms with Crippen molar-refractivity contribution in [1.29, 1.82) is 0 Å². The van der Waals surface area contributed by atoms with E-state index in [1.165, 1.54) is 0 Å². The van der Waals surface area contributed by atoms with Gasteiger partial charge < -0.3 is 5.11 Å². The summed E-state index contributed by atoms with van der Waals surface area (Å²) in [7, 11) is 0. The minimum Gasteiger partial charge on any atom is -0.478 e. The summed E-state index contributed by atoms with van der Waals surface area (Å²) in [5.74, 6) is -0.918. The molecule has 0 spiro atoms. The van der Waals surface area contributed by atoms with Crippen molar-refractivity contribution in [2.45, 2.75) is 0 Å². The molecule has 0 saturated carbocycles. The first-order valence-electron chi connectivity index (χ1n) is 3.51. The van der Waals surface area contributed by atoms with Gasteiger partial charge in [0.05, 0.1) is 11.3 Å². The lowest BCUT2D eigenvalue weighted by Crippen LogP contribution is -1.97. The molecule has 1 fully saturated rings. The lowest BCUT2D eigenvalue weighted by Gasteiger charge is -1.99. The molecule has 62 valence electrons. The smallest absolute Gasteiger partial charge is 0.335 e. The van der Waals surface area contributed by atoms with Crippen LogP contribution in [0.15, 0.2) is 24.3 Å². The Bertz CT molecular complexity index is 320. The predicted octanol–water partition coefficient (Wildman–Crippen LogP) is 1.09. The number of rotatable bonds is 2. The molecule has 1 heterocycles. The molecule has 1 saturated heterocycles. The number of aromatic carboxylic acids is 1. The second-order valence-electron chi connectivity index (χ2n) is 2.49. The molecule has 1 aliphatic heterocycles. The topological polar surface area (TPSA) is 52.8 Å². The molecule has 1 aromatic rings. The SMILES string of the molecule is O=C(O)c1cccc(N2CO2)c1. The van der Waals surface area contributed by atoms with Gasteiger partial charge in [-0.1, -0.05) is 6.07 Å². The van der Waals surface area contributed by atoms with E-state index in [1.807, 2.05) is 0 Å². The number of carboxylic acid groups (broad SMARTS) is 1. The van der Waals surface area contributed by atoms with Crippen molar-refractivity contribution in [2.75, 3.05) is 11.8 Å². The van der Waals surface area contributed by atoms with Gasteiger partial charge in [-0.05, 0) is 18.2 Å². The molecule has 0 bridgehead atoms. The summed E-state index contributed by atoms with van der Waals surface area (Å²) in [6.45, 7) is 0.545. The zero-order chi connectivity index (χ0) is 8.55. The molecule has 0 unspecified atom stereocenters. The number of hydrogen-bond donors (Lipinski definition) is 1. The Labute approximate surface area is 68.9 Å². The summed E-state index contributed by atoms with van der Waals surface area (Å²) in [5.41, 5.74) is 1.07. The summed E-state index contributed by atoms with van der Waals surface area (Å²) in [5, 5.41) is 10.3. The van der Waals surface area contributed by atoms with Crippen molar-refractivity contribution in [3.63, 3.8) is 0 Å². The second kappa shape index (κ2) is 2.49. The summed E-state index contributed by atoms with van der Waals surface area (Å²) in [4.78, 5) is 15.4. The summed E-state index contributed by atoms with van der Waals surface area (Å²) in [6.07, 6.45) is 0. The highest BCUT2D eigenvalue weighted by atomic mass is 16.8. The lowest BCUT2D eigenvalue weighted by atomic mass is 10.2. The van der Waals surface area contributed by atoms with Crippen LogP contribution in [-0.4, -0.2) is 17.8 Å². The minimum absolute atomic E-state index is 0.281. The second-order valence-corrected chi connectivity index (χ2v) is 2.49. The van der Waals surface area contributed by atoms with Crippen molar-refractivity contribution < 1.29 is 14.7 Å². The molecule has 0 radical (unpaired) electrons. The molecule has 0 aliphatic carbocycles. The van der Waals surface area contributed by atoms with Crippen LogP contribution in [0.3, 0.4) is 0 Å². The summed E-state index contributed by atoms with van der Waals surface area (Å²) >= 11 is 0. The fraction of sp³-hybridized carbons (Fsp3) is 0.125. The average molecular weight is 165 g/mol. The van der Waals surface area contributed by atoms with Crippen molar-refractivity contribution in [2.24, 2.45) is 0 Å². The van der Waals surface area contributed by atoms with Crippen LogP contribution in [0.2, 0.25) is 0 Å². The maximum absolute atomic E-state index is 10.5. The predicted molar refractivity (Wildman–Crippen MR) is 41.8 cm³/mol. The normalized spacial score (nSPS) is 14.5. The van der Waals surface area contributed by atoms with Crippen molar-refractivity contribution in [1.82, 2.24) is 0 Å². The van der Waals surface area contributed by atoms with Gasteiger partial charge in [-0.3, -0.25) is 0 Å². The first kappa shape index (κ1) is 7.12. The van der Waals surface area contributed by atoms with Gasteiger partial charge in [0.1, 0.15) is 0 Å². The fourth-order valence-corrected chi connectivity index (χ4v) is 0.972. The number of hydrogen-bond acceptors (Lipinski definition) is 3. The Balaban J connectivity index is 2.32. The number of nitrogens with zero attached hydrogens (tertiary/aromatic N) is 1. The van der Waals surface area contributed by atoms with Gasteiger partial charge in [-0.25, -0.2) is 14.7 Å². The van der Waals surface area contributed by atoms with Gasteiger partial charge in [0.15, 0.2) is 6.73 Å². The van der Waals surface area contributed by atoms with Gasteiger partial charge in [-0.15, -0.1) is 0 Å². The van der Waals surface area contributed by atoms with E-state index in [9.17, 15) is 4.79 Å². The highest BCUT2D eigenvalue weighted by Gasteiger charge is 2.20. The van der Waals surface area contributed by atoms with E-state index >= 15 is 0 Å². The zero-order valence-corrected chi connectivity index (χ0v) is 6.23. The Morgan fingerprint density at radius 2 is 2.33 bits per heavy atom. The molecule has 4 nitrogen and oxygen atoms in total. The zero-order valence-electron chi connectivity index (χ0n) is 6.23. The number of carboxylic acids is 1. The molecule has 0 atom stereocenters. The van der Waals surface area contributed by atoms with Crippen LogP contribution in [0.5, 0.6) is 0 Å². The third kappa shape index (κ3) is 1.24. The van der Waals surface area contributed by atoms with Gasteiger partial charge in [0.25, 0.3) is 0 Å². The third-order valence-corrected chi connectivity index (χ3v) is 1.64. The maximum Gasteiger partial charge on any atom is 0.335 e. The van der Waals surface area contributed by atoms with Crippen LogP contribution >= 0.6 is 0 Å². The van der Waals surface area contributed by atoms with E-state index in [1.54, 1.807) is 29.3 Å².